The number of thioether (sulfide) groups is 1. The van der Waals surface area contributed by atoms with Gasteiger partial charge in [0.25, 0.3) is 0 Å². The lowest BCUT2D eigenvalue weighted by Gasteiger charge is -2.21. The van der Waals surface area contributed by atoms with Gasteiger partial charge < -0.3 is 14.4 Å². The minimum absolute atomic E-state index is 0.195. The Kier molecular flexibility index (Phi) is 5.07. The molecule has 0 aliphatic heterocycles. The Morgan fingerprint density at radius 3 is 2.82 bits per heavy atom. The number of imidazole rings is 1. The maximum atomic E-state index is 11.9. The van der Waals surface area contributed by atoms with Crippen LogP contribution in [0.4, 0.5) is 0 Å². The molecule has 0 aliphatic carbocycles. The van der Waals surface area contributed by atoms with Gasteiger partial charge in [0, 0.05) is 25.2 Å². The van der Waals surface area contributed by atoms with E-state index < -0.39 is 12.0 Å². The first-order chi connectivity index (χ1) is 10.4. The fraction of sp³-hybridized carbons (Fsp3) is 0.400. The van der Waals surface area contributed by atoms with Crippen LogP contribution in [0.3, 0.4) is 0 Å². The first kappa shape index (κ1) is 16.4. The molecular formula is C15H19N3O3S. The number of carbonyl (C=O) groups is 2. The number of nitrogens with zero attached hydrogens (tertiary/aromatic N) is 3. The monoisotopic (exact) mass is 321 g/mol. The summed E-state index contributed by atoms with van der Waals surface area (Å²) in [5.41, 5.74) is 2.94. The highest BCUT2D eigenvalue weighted by Crippen LogP contribution is 2.14. The van der Waals surface area contributed by atoms with Gasteiger partial charge in [-0.3, -0.25) is 4.79 Å². The summed E-state index contributed by atoms with van der Waals surface area (Å²) in [6.07, 6.45) is 3.95. The van der Waals surface area contributed by atoms with Crippen LogP contribution in [0.1, 0.15) is 18.2 Å². The van der Waals surface area contributed by atoms with Gasteiger partial charge in [-0.1, -0.05) is 6.07 Å². The molecule has 2 heterocycles. The van der Waals surface area contributed by atoms with Crippen molar-refractivity contribution in [1.29, 1.82) is 0 Å². The number of fused-ring (bicyclic) bond motifs is 1. The Labute approximate surface area is 133 Å². The lowest BCUT2D eigenvalue weighted by Crippen LogP contribution is -2.41. The molecule has 0 fully saturated rings. The number of carboxylic acids is 1. The first-order valence-corrected chi connectivity index (χ1v) is 8.04. The smallest absolute Gasteiger partial charge is 0.326 e. The third kappa shape index (κ3) is 3.79. The van der Waals surface area contributed by atoms with E-state index in [9.17, 15) is 9.59 Å². The van der Waals surface area contributed by atoms with Crippen molar-refractivity contribution in [3.8, 4) is 0 Å². The quantitative estimate of drug-likeness (QED) is 0.878. The van der Waals surface area contributed by atoms with E-state index in [0.29, 0.717) is 5.75 Å². The van der Waals surface area contributed by atoms with Gasteiger partial charge in [0.05, 0.1) is 11.4 Å². The molecule has 1 N–H and O–H groups in total. The number of pyridine rings is 1. The van der Waals surface area contributed by atoms with E-state index in [0.717, 1.165) is 16.9 Å². The maximum absolute atomic E-state index is 11.9. The van der Waals surface area contributed by atoms with Crippen molar-refractivity contribution < 1.29 is 14.7 Å². The largest absolute Gasteiger partial charge is 0.480 e. The molecule has 0 bridgehead atoms. The van der Waals surface area contributed by atoms with Crippen LogP contribution in [0.5, 0.6) is 0 Å². The molecule has 118 valence electrons. The predicted molar refractivity (Wildman–Crippen MR) is 86.0 cm³/mol. The van der Waals surface area contributed by atoms with Gasteiger partial charge in [0.1, 0.15) is 11.7 Å². The van der Waals surface area contributed by atoms with Crippen molar-refractivity contribution in [3.63, 3.8) is 0 Å². The molecule has 0 spiro atoms. The molecule has 22 heavy (non-hydrogen) atoms. The van der Waals surface area contributed by atoms with Crippen LogP contribution < -0.4 is 0 Å². The Morgan fingerprint density at radius 2 is 2.14 bits per heavy atom. The Morgan fingerprint density at radius 1 is 1.41 bits per heavy atom. The molecule has 7 heteroatoms. The fourth-order valence-electron chi connectivity index (χ4n) is 1.95. The van der Waals surface area contributed by atoms with Gasteiger partial charge in [-0.25, -0.2) is 9.78 Å². The van der Waals surface area contributed by atoms with Crippen LogP contribution in [0.2, 0.25) is 0 Å². The topological polar surface area (TPSA) is 74.9 Å². The van der Waals surface area contributed by atoms with Crippen molar-refractivity contribution in [2.75, 3.05) is 12.8 Å². The Bertz CT molecular complexity index is 698. The van der Waals surface area contributed by atoms with E-state index in [4.69, 9.17) is 5.11 Å². The van der Waals surface area contributed by atoms with Crippen LogP contribution in [-0.4, -0.2) is 50.1 Å². The number of likely N-dealkylation sites (N-methyl/N-ethyl adjacent to an activating group) is 1. The molecule has 2 rings (SSSR count). The van der Waals surface area contributed by atoms with Gasteiger partial charge in [0.15, 0.2) is 0 Å². The molecule has 0 aromatic carbocycles. The van der Waals surface area contributed by atoms with Crippen molar-refractivity contribution in [1.82, 2.24) is 14.3 Å². The SMILES string of the molecule is Cc1ccc2nc(CSCC(=O)N(C)C(C)C(=O)O)cn2c1. The minimum atomic E-state index is -1.00. The number of hydrogen-bond acceptors (Lipinski definition) is 4. The highest BCUT2D eigenvalue weighted by atomic mass is 32.2. The van der Waals surface area contributed by atoms with Gasteiger partial charge in [-0.05, 0) is 25.5 Å². The average Bonchev–Trinajstić information content (AvgIpc) is 2.87. The summed E-state index contributed by atoms with van der Waals surface area (Å²) in [5, 5.41) is 8.89. The molecular weight excluding hydrogens is 302 g/mol. The van der Waals surface area contributed by atoms with Gasteiger partial charge >= 0.3 is 5.97 Å². The second-order valence-electron chi connectivity index (χ2n) is 5.22. The molecule has 1 atom stereocenters. The molecule has 0 saturated carbocycles. The minimum Gasteiger partial charge on any atom is -0.480 e. The second kappa shape index (κ2) is 6.83. The summed E-state index contributed by atoms with van der Waals surface area (Å²) in [4.78, 5) is 28.5. The van der Waals surface area contributed by atoms with Crippen molar-refractivity contribution in [2.45, 2.75) is 25.6 Å². The van der Waals surface area contributed by atoms with E-state index in [1.807, 2.05) is 35.9 Å². The number of carboxylic acid groups (broad SMARTS) is 1. The lowest BCUT2D eigenvalue weighted by atomic mass is 10.3. The molecule has 2 aromatic rings. The lowest BCUT2D eigenvalue weighted by molar-refractivity contribution is -0.147. The third-order valence-electron chi connectivity index (χ3n) is 3.46. The second-order valence-corrected chi connectivity index (χ2v) is 6.20. The van der Waals surface area contributed by atoms with Crippen molar-refractivity contribution in [3.05, 3.63) is 35.8 Å². The number of rotatable bonds is 6. The van der Waals surface area contributed by atoms with Gasteiger partial charge in [-0.15, -0.1) is 11.8 Å². The van der Waals surface area contributed by atoms with Crippen LogP contribution >= 0.6 is 11.8 Å². The standard InChI is InChI=1S/C15H19N3O3S/c1-10-4-5-13-16-12(7-18(13)6-10)8-22-9-14(19)17(3)11(2)15(20)21/h4-7,11H,8-9H2,1-3H3,(H,20,21). The number of amides is 1. The normalized spacial score (nSPS) is 12.3. The van der Waals surface area contributed by atoms with Crippen LogP contribution in [-0.2, 0) is 15.3 Å². The number of carbonyl (C=O) groups excluding carboxylic acids is 1. The summed E-state index contributed by atoms with van der Waals surface area (Å²) in [5.74, 6) is -0.348. The van der Waals surface area contributed by atoms with Crippen LogP contribution in [0.15, 0.2) is 24.5 Å². The molecule has 0 radical (unpaired) electrons. The zero-order chi connectivity index (χ0) is 16.3. The molecule has 6 nitrogen and oxygen atoms in total. The Hall–Kier alpha value is -2.02. The first-order valence-electron chi connectivity index (χ1n) is 6.89. The highest BCUT2D eigenvalue weighted by molar-refractivity contribution is 7.99. The maximum Gasteiger partial charge on any atom is 0.326 e. The molecule has 0 aliphatic rings. The van der Waals surface area contributed by atoms with E-state index in [2.05, 4.69) is 4.98 Å². The predicted octanol–water partition coefficient (Wildman–Crippen LogP) is 1.81. The number of aliphatic carboxylic acids is 1. The summed E-state index contributed by atoms with van der Waals surface area (Å²) >= 11 is 1.43. The third-order valence-corrected chi connectivity index (χ3v) is 4.41. The summed E-state index contributed by atoms with van der Waals surface area (Å²) in [6, 6.07) is 3.15. The van der Waals surface area contributed by atoms with E-state index in [-0.39, 0.29) is 11.7 Å². The number of aromatic nitrogens is 2. The Balaban J connectivity index is 1.89. The van der Waals surface area contributed by atoms with Crippen LogP contribution in [0.25, 0.3) is 5.65 Å². The van der Waals surface area contributed by atoms with E-state index in [1.54, 1.807) is 0 Å². The summed E-state index contributed by atoms with van der Waals surface area (Å²) in [7, 11) is 1.51. The highest BCUT2D eigenvalue weighted by Gasteiger charge is 2.21. The summed E-state index contributed by atoms with van der Waals surface area (Å²) in [6.45, 7) is 3.52. The van der Waals surface area contributed by atoms with Gasteiger partial charge in [0.2, 0.25) is 5.91 Å². The molecule has 1 amide bonds. The van der Waals surface area contributed by atoms with Gasteiger partial charge in [-0.2, -0.15) is 0 Å². The fourth-order valence-corrected chi connectivity index (χ4v) is 2.78. The van der Waals surface area contributed by atoms with E-state index >= 15 is 0 Å². The van der Waals surface area contributed by atoms with E-state index in [1.165, 1.54) is 30.6 Å². The van der Waals surface area contributed by atoms with Crippen molar-refractivity contribution >= 4 is 29.3 Å². The summed E-state index contributed by atoms with van der Waals surface area (Å²) < 4.78 is 1.96. The zero-order valence-corrected chi connectivity index (χ0v) is 13.6. The number of aryl methyl sites for hydroxylation is 1. The zero-order valence-electron chi connectivity index (χ0n) is 12.8. The van der Waals surface area contributed by atoms with Crippen LogP contribution in [0, 0.1) is 6.92 Å². The number of hydrogen-bond donors (Lipinski definition) is 1. The van der Waals surface area contributed by atoms with Crippen molar-refractivity contribution in [2.24, 2.45) is 0 Å². The molecule has 0 saturated heterocycles. The molecule has 1 unspecified atom stereocenters. The molecule has 2 aromatic heterocycles. The average molecular weight is 321 g/mol.